The van der Waals surface area contributed by atoms with E-state index in [0.717, 1.165) is 4.90 Å². The zero-order valence-electron chi connectivity index (χ0n) is 20.2. The number of amides is 3. The van der Waals surface area contributed by atoms with Crippen LogP contribution < -0.4 is 0 Å². The minimum absolute atomic E-state index is 0.00553. The van der Waals surface area contributed by atoms with E-state index in [4.69, 9.17) is 4.74 Å². The van der Waals surface area contributed by atoms with Gasteiger partial charge in [0, 0.05) is 0 Å². The third-order valence-corrected chi connectivity index (χ3v) is 6.75. The molecule has 1 fully saturated rings. The number of esters is 2. The molecule has 0 spiro atoms. The number of β-lactam (4-membered cyclic amide) rings is 1. The molecule has 35 heavy (non-hydrogen) atoms. The molecule has 0 radical (unpaired) electrons. The fourth-order valence-electron chi connectivity index (χ4n) is 4.05. The highest BCUT2D eigenvalue weighted by molar-refractivity contribution is 7.94. The van der Waals surface area contributed by atoms with Crippen molar-refractivity contribution in [2.45, 2.75) is 51.8 Å². The van der Waals surface area contributed by atoms with Gasteiger partial charge in [0.15, 0.2) is 0 Å². The van der Waals surface area contributed by atoms with Crippen LogP contribution >= 0.6 is 0 Å². The lowest BCUT2D eigenvalue weighted by Gasteiger charge is -2.49. The monoisotopic (exact) mass is 504 g/mol. The number of hydrogen-bond donors (Lipinski definition) is 0. The Morgan fingerprint density at radius 3 is 2.17 bits per heavy atom. The van der Waals surface area contributed by atoms with Crippen molar-refractivity contribution in [3.05, 3.63) is 46.4 Å². The number of imide groups is 1. The molecule has 2 heterocycles. The van der Waals surface area contributed by atoms with Crippen molar-refractivity contribution in [2.75, 3.05) is 19.4 Å². The first-order valence-corrected chi connectivity index (χ1v) is 12.4. The van der Waals surface area contributed by atoms with Crippen LogP contribution in [0, 0.1) is 0 Å². The van der Waals surface area contributed by atoms with E-state index in [1.54, 1.807) is 39.8 Å². The summed E-state index contributed by atoms with van der Waals surface area (Å²) in [4.78, 5) is 65.1. The summed E-state index contributed by atoms with van der Waals surface area (Å²) in [6, 6.07) is 4.20. The van der Waals surface area contributed by atoms with Crippen LogP contribution in [0.2, 0.25) is 0 Å². The Kier molecular flexibility index (Phi) is 7.71. The summed E-state index contributed by atoms with van der Waals surface area (Å²) in [6.07, 6.45) is -0.0695. The van der Waals surface area contributed by atoms with Gasteiger partial charge in [-0.1, -0.05) is 12.1 Å². The van der Waals surface area contributed by atoms with Gasteiger partial charge in [0.25, 0.3) is 11.8 Å². The first-order chi connectivity index (χ1) is 16.4. The van der Waals surface area contributed by atoms with Crippen molar-refractivity contribution in [1.29, 1.82) is 0 Å². The fraction of sp³-hybridized carbons (Fsp3) is 0.458. The Morgan fingerprint density at radius 2 is 1.66 bits per heavy atom. The molecule has 0 saturated carbocycles. The molecule has 188 valence electrons. The number of carbonyl (C=O) groups excluding carboxylic acids is 5. The minimum atomic E-state index is -1.59. The Labute approximate surface area is 206 Å². The van der Waals surface area contributed by atoms with Gasteiger partial charge in [-0.15, -0.1) is 0 Å². The summed E-state index contributed by atoms with van der Waals surface area (Å²) in [6.45, 7) is 6.27. The number of likely N-dealkylation sites (tertiary alicyclic amines) is 1. The predicted octanol–water partition coefficient (Wildman–Crippen LogP) is 1.42. The van der Waals surface area contributed by atoms with Crippen LogP contribution in [0.5, 0.6) is 0 Å². The molecule has 0 aromatic heterocycles. The lowest BCUT2D eigenvalue weighted by atomic mass is 9.88. The number of fused-ring (bicyclic) bond motifs is 1. The number of benzene rings is 1. The van der Waals surface area contributed by atoms with Crippen molar-refractivity contribution >= 4 is 40.8 Å². The molecule has 0 aliphatic carbocycles. The smallest absolute Gasteiger partial charge is 0.326 e. The quantitative estimate of drug-likeness (QED) is 0.225. The fourth-order valence-corrected chi connectivity index (χ4v) is 5.09. The van der Waals surface area contributed by atoms with E-state index < -0.39 is 65.1 Å². The Hall–Kier alpha value is -3.18. The molecule has 3 rings (SSSR count). The lowest BCUT2D eigenvalue weighted by molar-refractivity contribution is -0.167. The third-order valence-electron chi connectivity index (χ3n) is 5.51. The van der Waals surface area contributed by atoms with E-state index in [-0.39, 0.29) is 23.3 Å². The van der Waals surface area contributed by atoms with E-state index in [2.05, 4.69) is 4.74 Å². The molecule has 0 N–H and O–H groups in total. The normalized spacial score (nSPS) is 21.0. The zero-order chi connectivity index (χ0) is 26.1. The molecule has 1 saturated heterocycles. The maximum absolute atomic E-state index is 13.2. The van der Waals surface area contributed by atoms with Crippen LogP contribution in [-0.4, -0.2) is 81.1 Å². The second kappa shape index (κ2) is 10.2. The van der Waals surface area contributed by atoms with Gasteiger partial charge in [-0.2, -0.15) is 0 Å². The van der Waals surface area contributed by atoms with Gasteiger partial charge in [-0.3, -0.25) is 28.9 Å². The Balaban J connectivity index is 1.88. The summed E-state index contributed by atoms with van der Waals surface area (Å²) in [7, 11) is 1.23. The van der Waals surface area contributed by atoms with Crippen molar-refractivity contribution < 1.29 is 38.0 Å². The molecule has 10 nitrogen and oxygen atoms in total. The molecule has 3 amide bonds. The maximum atomic E-state index is 13.2. The summed E-state index contributed by atoms with van der Waals surface area (Å²) in [5.41, 5.74) is 0.0247. The molecule has 2 aliphatic heterocycles. The second-order valence-corrected chi connectivity index (χ2v) is 10.6. The van der Waals surface area contributed by atoms with Crippen LogP contribution in [0.15, 0.2) is 35.2 Å². The van der Waals surface area contributed by atoms with E-state index in [0.29, 0.717) is 5.57 Å². The van der Waals surface area contributed by atoms with Crippen molar-refractivity contribution in [2.24, 2.45) is 0 Å². The Morgan fingerprint density at radius 1 is 1.09 bits per heavy atom. The van der Waals surface area contributed by atoms with Gasteiger partial charge >= 0.3 is 11.9 Å². The van der Waals surface area contributed by atoms with Gasteiger partial charge in [0.2, 0.25) is 5.91 Å². The van der Waals surface area contributed by atoms with Crippen molar-refractivity contribution in [3.8, 4) is 0 Å². The zero-order valence-corrected chi connectivity index (χ0v) is 21.0. The molecule has 3 atom stereocenters. The molecular weight excluding hydrogens is 476 g/mol. The first-order valence-electron chi connectivity index (χ1n) is 11.0. The molecule has 11 heteroatoms. The minimum Gasteiger partial charge on any atom is -0.612 e. The molecule has 1 aromatic rings. The molecule has 1 aromatic carbocycles. The number of rotatable bonds is 8. The topological polar surface area (TPSA) is 133 Å². The van der Waals surface area contributed by atoms with Crippen LogP contribution in [0.3, 0.4) is 0 Å². The largest absolute Gasteiger partial charge is 0.612 e. The van der Waals surface area contributed by atoms with Gasteiger partial charge in [0.1, 0.15) is 29.3 Å². The lowest BCUT2D eigenvalue weighted by Crippen LogP contribution is -2.72. The molecular formula is C24H28N2O8S. The number of carbonyl (C=O) groups is 5. The number of methoxy groups -OCH3 is 1. The molecule has 0 bridgehead atoms. The van der Waals surface area contributed by atoms with Gasteiger partial charge in [-0.25, -0.2) is 0 Å². The van der Waals surface area contributed by atoms with E-state index in [9.17, 15) is 28.5 Å². The molecule has 3 unspecified atom stereocenters. The van der Waals surface area contributed by atoms with E-state index in [1.165, 1.54) is 29.6 Å². The van der Waals surface area contributed by atoms with Gasteiger partial charge in [0.05, 0.1) is 30.7 Å². The Bertz CT molecular complexity index is 1060. The van der Waals surface area contributed by atoms with Gasteiger partial charge in [-0.05, 0) is 56.6 Å². The van der Waals surface area contributed by atoms with Crippen LogP contribution in [-0.2, 0) is 35.0 Å². The molecule has 2 aliphatic rings. The number of hydrogen-bond acceptors (Lipinski definition) is 8. The summed E-state index contributed by atoms with van der Waals surface area (Å²) in [5, 5.41) is 1.37. The average Bonchev–Trinajstić information content (AvgIpc) is 3.02. The highest BCUT2D eigenvalue weighted by Gasteiger charge is 2.57. The second-order valence-electron chi connectivity index (χ2n) is 9.24. The SMILES string of the molecule is COC(=O)CC[S+]([O-])C=C(C)C1C(N2C(=O)c3ccccc3C2=O)C(=O)N1CC(=O)OC(C)(C)C. The summed E-state index contributed by atoms with van der Waals surface area (Å²) in [5.74, 6) is -2.98. The average molecular weight is 505 g/mol. The van der Waals surface area contributed by atoms with Crippen LogP contribution in [0.4, 0.5) is 0 Å². The summed E-state index contributed by atoms with van der Waals surface area (Å²) >= 11 is -1.59. The van der Waals surface area contributed by atoms with Crippen LogP contribution in [0.25, 0.3) is 0 Å². The highest BCUT2D eigenvalue weighted by atomic mass is 32.2. The summed E-state index contributed by atoms with van der Waals surface area (Å²) < 4.78 is 22.4. The van der Waals surface area contributed by atoms with E-state index >= 15 is 0 Å². The number of nitrogens with zero attached hydrogens (tertiary/aromatic N) is 2. The van der Waals surface area contributed by atoms with E-state index in [1.807, 2.05) is 0 Å². The van der Waals surface area contributed by atoms with Crippen molar-refractivity contribution in [1.82, 2.24) is 9.80 Å². The highest BCUT2D eigenvalue weighted by Crippen LogP contribution is 2.36. The van der Waals surface area contributed by atoms with Gasteiger partial charge < -0.3 is 18.9 Å². The van der Waals surface area contributed by atoms with Crippen molar-refractivity contribution in [3.63, 3.8) is 0 Å². The first kappa shape index (κ1) is 26.4. The van der Waals surface area contributed by atoms with Crippen LogP contribution in [0.1, 0.15) is 54.8 Å². The maximum Gasteiger partial charge on any atom is 0.326 e. The standard InChI is InChI=1S/C24H28N2O8S/c1-14(13-35(32)11-10-17(27)33-5)19-20(23(31)25(19)12-18(28)34-24(2,3)4)26-21(29)15-8-6-7-9-16(15)22(26)30/h6-9,13,19-20H,10-12H2,1-5H3. The third kappa shape index (κ3) is 5.57. The predicted molar refractivity (Wildman–Crippen MR) is 125 cm³/mol. The number of ether oxygens (including phenoxy) is 2.